The molecule has 0 unspecified atom stereocenters. The van der Waals surface area contributed by atoms with Gasteiger partial charge in [-0.05, 0) is 50.7 Å². The minimum atomic E-state index is 0.496. The first-order chi connectivity index (χ1) is 7.17. The first-order valence-corrected chi connectivity index (χ1v) is 6.52. The summed E-state index contributed by atoms with van der Waals surface area (Å²) in [5.41, 5.74) is 0.496. The van der Waals surface area contributed by atoms with Crippen molar-refractivity contribution >= 4 is 0 Å². The molecule has 2 N–H and O–H groups in total. The van der Waals surface area contributed by atoms with Crippen LogP contribution < -0.4 is 10.6 Å². The van der Waals surface area contributed by atoms with Gasteiger partial charge < -0.3 is 10.6 Å². The van der Waals surface area contributed by atoms with Gasteiger partial charge in [-0.3, -0.25) is 0 Å². The number of nitrogens with one attached hydrogen (secondary N) is 2. The zero-order valence-electron chi connectivity index (χ0n) is 10.7. The van der Waals surface area contributed by atoms with Crippen LogP contribution in [0.3, 0.4) is 0 Å². The Morgan fingerprint density at radius 2 is 1.80 bits per heavy atom. The van der Waals surface area contributed by atoms with E-state index in [1.54, 1.807) is 0 Å². The van der Waals surface area contributed by atoms with Crippen LogP contribution in [0.2, 0.25) is 0 Å². The van der Waals surface area contributed by atoms with Gasteiger partial charge in [-0.1, -0.05) is 26.7 Å². The van der Waals surface area contributed by atoms with E-state index in [2.05, 4.69) is 24.5 Å². The van der Waals surface area contributed by atoms with E-state index >= 15 is 0 Å². The van der Waals surface area contributed by atoms with Crippen molar-refractivity contribution in [2.75, 3.05) is 26.7 Å². The molecule has 0 atom stereocenters. The molecule has 0 amide bonds. The summed E-state index contributed by atoms with van der Waals surface area (Å²) in [5.74, 6) is 0.953. The number of rotatable bonds is 7. The molecule has 0 radical (unpaired) electrons. The second-order valence-corrected chi connectivity index (χ2v) is 5.60. The smallest absolute Gasteiger partial charge is 0.000518 e. The fourth-order valence-corrected chi connectivity index (χ4v) is 2.65. The van der Waals surface area contributed by atoms with Crippen LogP contribution in [0.15, 0.2) is 0 Å². The molecule has 90 valence electrons. The average molecular weight is 212 g/mol. The second kappa shape index (κ2) is 6.49. The summed E-state index contributed by atoms with van der Waals surface area (Å²) in [6.07, 6.45) is 7.04. The van der Waals surface area contributed by atoms with Gasteiger partial charge in [0.1, 0.15) is 0 Å². The molecule has 1 aliphatic carbocycles. The maximum absolute atomic E-state index is 3.60. The van der Waals surface area contributed by atoms with E-state index in [0.29, 0.717) is 5.41 Å². The molecule has 1 fully saturated rings. The Morgan fingerprint density at radius 3 is 2.40 bits per heavy atom. The zero-order chi connectivity index (χ0) is 11.1. The quantitative estimate of drug-likeness (QED) is 0.633. The Kier molecular flexibility index (Phi) is 5.62. The van der Waals surface area contributed by atoms with Gasteiger partial charge in [0.05, 0.1) is 0 Å². The molecule has 0 bridgehead atoms. The first-order valence-electron chi connectivity index (χ1n) is 6.52. The molecule has 0 aromatic heterocycles. The van der Waals surface area contributed by atoms with Gasteiger partial charge in [-0.2, -0.15) is 0 Å². The minimum Gasteiger partial charge on any atom is -0.320 e. The van der Waals surface area contributed by atoms with Crippen molar-refractivity contribution in [1.29, 1.82) is 0 Å². The molecule has 2 nitrogen and oxygen atoms in total. The molecular weight excluding hydrogens is 184 g/mol. The van der Waals surface area contributed by atoms with Crippen molar-refractivity contribution < 1.29 is 0 Å². The summed E-state index contributed by atoms with van der Waals surface area (Å²) < 4.78 is 0. The SMILES string of the molecule is CNCCCNCC(C)(C)C1CCCC1. The van der Waals surface area contributed by atoms with Crippen molar-refractivity contribution in [3.63, 3.8) is 0 Å². The highest BCUT2D eigenvalue weighted by molar-refractivity contribution is 4.83. The molecule has 15 heavy (non-hydrogen) atoms. The van der Waals surface area contributed by atoms with Gasteiger partial charge in [0.25, 0.3) is 0 Å². The van der Waals surface area contributed by atoms with Gasteiger partial charge in [0.15, 0.2) is 0 Å². The summed E-state index contributed by atoms with van der Waals surface area (Å²) in [7, 11) is 2.02. The predicted octanol–water partition coefficient (Wildman–Crippen LogP) is 2.40. The van der Waals surface area contributed by atoms with E-state index in [0.717, 1.165) is 19.0 Å². The van der Waals surface area contributed by atoms with E-state index in [1.807, 2.05) is 7.05 Å². The van der Waals surface area contributed by atoms with Crippen LogP contribution in [0.4, 0.5) is 0 Å². The van der Waals surface area contributed by atoms with Gasteiger partial charge in [-0.15, -0.1) is 0 Å². The highest BCUT2D eigenvalue weighted by atomic mass is 14.9. The van der Waals surface area contributed by atoms with Crippen LogP contribution in [-0.4, -0.2) is 26.7 Å². The Bertz CT molecular complexity index is 160. The van der Waals surface area contributed by atoms with Crippen LogP contribution >= 0.6 is 0 Å². The average Bonchev–Trinajstić information content (AvgIpc) is 2.70. The number of hydrogen-bond acceptors (Lipinski definition) is 2. The Hall–Kier alpha value is -0.0800. The lowest BCUT2D eigenvalue weighted by Gasteiger charge is -2.32. The van der Waals surface area contributed by atoms with Crippen LogP contribution in [-0.2, 0) is 0 Å². The molecule has 0 aromatic carbocycles. The molecule has 1 aliphatic rings. The van der Waals surface area contributed by atoms with Crippen LogP contribution in [0.25, 0.3) is 0 Å². The molecule has 2 heteroatoms. The highest BCUT2D eigenvalue weighted by Gasteiger charge is 2.30. The molecule has 1 rings (SSSR count). The highest BCUT2D eigenvalue weighted by Crippen LogP contribution is 2.38. The maximum atomic E-state index is 3.60. The third kappa shape index (κ3) is 4.52. The lowest BCUT2D eigenvalue weighted by molar-refractivity contribution is 0.208. The lowest BCUT2D eigenvalue weighted by Crippen LogP contribution is -2.35. The Morgan fingerprint density at radius 1 is 1.13 bits per heavy atom. The third-order valence-corrected chi connectivity index (χ3v) is 3.82. The molecule has 0 heterocycles. The zero-order valence-corrected chi connectivity index (χ0v) is 10.7. The van der Waals surface area contributed by atoms with Gasteiger partial charge in [-0.25, -0.2) is 0 Å². The van der Waals surface area contributed by atoms with Gasteiger partial charge >= 0.3 is 0 Å². The van der Waals surface area contributed by atoms with Crippen LogP contribution in [0.5, 0.6) is 0 Å². The fourth-order valence-electron chi connectivity index (χ4n) is 2.65. The van der Waals surface area contributed by atoms with E-state index in [4.69, 9.17) is 0 Å². The summed E-state index contributed by atoms with van der Waals surface area (Å²) >= 11 is 0. The molecule has 1 saturated carbocycles. The summed E-state index contributed by atoms with van der Waals surface area (Å²) in [6, 6.07) is 0. The second-order valence-electron chi connectivity index (χ2n) is 5.60. The van der Waals surface area contributed by atoms with E-state index in [-0.39, 0.29) is 0 Å². The standard InChI is InChI=1S/C13H28N2/c1-13(2,12-7-4-5-8-12)11-15-10-6-9-14-3/h12,14-15H,4-11H2,1-3H3. The van der Waals surface area contributed by atoms with Crippen molar-refractivity contribution in [2.24, 2.45) is 11.3 Å². The van der Waals surface area contributed by atoms with E-state index in [1.165, 1.54) is 38.6 Å². The van der Waals surface area contributed by atoms with Crippen molar-refractivity contribution in [2.45, 2.75) is 46.0 Å². The summed E-state index contributed by atoms with van der Waals surface area (Å²) in [4.78, 5) is 0. The first kappa shape index (κ1) is 13.0. The lowest BCUT2D eigenvalue weighted by atomic mass is 9.78. The van der Waals surface area contributed by atoms with Crippen molar-refractivity contribution in [3.05, 3.63) is 0 Å². The van der Waals surface area contributed by atoms with E-state index in [9.17, 15) is 0 Å². The van der Waals surface area contributed by atoms with Crippen LogP contribution in [0, 0.1) is 11.3 Å². The molecule has 0 aliphatic heterocycles. The summed E-state index contributed by atoms with van der Waals surface area (Å²) in [6.45, 7) is 8.30. The molecule has 0 aromatic rings. The molecule has 0 spiro atoms. The maximum Gasteiger partial charge on any atom is 0.000518 e. The van der Waals surface area contributed by atoms with E-state index < -0.39 is 0 Å². The number of hydrogen-bond donors (Lipinski definition) is 2. The third-order valence-electron chi connectivity index (χ3n) is 3.82. The topological polar surface area (TPSA) is 24.1 Å². The van der Waals surface area contributed by atoms with Crippen molar-refractivity contribution in [1.82, 2.24) is 10.6 Å². The molecule has 0 saturated heterocycles. The van der Waals surface area contributed by atoms with Crippen LogP contribution in [0.1, 0.15) is 46.0 Å². The predicted molar refractivity (Wildman–Crippen MR) is 67.2 cm³/mol. The van der Waals surface area contributed by atoms with Crippen molar-refractivity contribution in [3.8, 4) is 0 Å². The summed E-state index contributed by atoms with van der Waals surface area (Å²) in [5, 5.41) is 6.78. The Balaban J connectivity index is 2.12. The fraction of sp³-hybridized carbons (Fsp3) is 1.00. The normalized spacial score (nSPS) is 18.6. The van der Waals surface area contributed by atoms with Gasteiger partial charge in [0, 0.05) is 6.54 Å². The monoisotopic (exact) mass is 212 g/mol. The molecular formula is C13H28N2. The largest absolute Gasteiger partial charge is 0.320 e. The minimum absolute atomic E-state index is 0.496. The van der Waals surface area contributed by atoms with Gasteiger partial charge in [0.2, 0.25) is 0 Å². The Labute approximate surface area is 95.2 Å².